The molecule has 0 aliphatic heterocycles. The van der Waals surface area contributed by atoms with E-state index < -0.39 is 0 Å². The van der Waals surface area contributed by atoms with Crippen LogP contribution in [-0.2, 0) is 17.9 Å². The molecule has 2 aromatic heterocycles. The third-order valence-electron chi connectivity index (χ3n) is 5.49. The first kappa shape index (κ1) is 20.0. The fourth-order valence-electron chi connectivity index (χ4n) is 3.58. The largest absolute Gasteiger partial charge is 0.347 e. The molecule has 6 nitrogen and oxygen atoms in total. The van der Waals surface area contributed by atoms with Crippen molar-refractivity contribution in [3.05, 3.63) is 72.2 Å². The van der Waals surface area contributed by atoms with Crippen molar-refractivity contribution in [2.45, 2.75) is 26.4 Å². The molecule has 0 unspecified atom stereocenters. The second-order valence-electron chi connectivity index (χ2n) is 8.14. The van der Waals surface area contributed by atoms with E-state index in [0.717, 1.165) is 28.9 Å². The van der Waals surface area contributed by atoms with E-state index in [1.807, 2.05) is 66.5 Å². The van der Waals surface area contributed by atoms with Crippen molar-refractivity contribution in [2.75, 3.05) is 19.0 Å². The summed E-state index contributed by atoms with van der Waals surface area (Å²) in [4.78, 5) is 30.8. The standard InChI is InChI=1S/C24H27N5O/c1-17-13-19(17)23(30)29(15-18-9-5-4-6-10-18)16-22-20(21-11-7-8-12-25-21)14-26-24(27-22)28(2)3/h4-12,14,17,19H,13,15-16H2,1-3H3/t17-,19-/m0/s1. The molecule has 2 atom stereocenters. The summed E-state index contributed by atoms with van der Waals surface area (Å²) in [6, 6.07) is 15.9. The van der Waals surface area contributed by atoms with Crippen LogP contribution in [0.1, 0.15) is 24.6 Å². The molecule has 4 rings (SSSR count). The number of nitrogens with zero attached hydrogens (tertiary/aromatic N) is 5. The summed E-state index contributed by atoms with van der Waals surface area (Å²) in [6.45, 7) is 3.12. The highest BCUT2D eigenvalue weighted by atomic mass is 16.2. The van der Waals surface area contributed by atoms with Crippen LogP contribution in [0.2, 0.25) is 0 Å². The summed E-state index contributed by atoms with van der Waals surface area (Å²) in [7, 11) is 3.83. The monoisotopic (exact) mass is 401 g/mol. The first-order chi connectivity index (χ1) is 14.5. The minimum absolute atomic E-state index is 0.113. The maximum Gasteiger partial charge on any atom is 0.226 e. The van der Waals surface area contributed by atoms with Gasteiger partial charge in [0.1, 0.15) is 0 Å². The lowest BCUT2D eigenvalue weighted by atomic mass is 10.1. The number of carbonyl (C=O) groups excluding carboxylic acids is 1. The minimum Gasteiger partial charge on any atom is -0.347 e. The number of carbonyl (C=O) groups is 1. The maximum atomic E-state index is 13.2. The van der Waals surface area contributed by atoms with Gasteiger partial charge in [0, 0.05) is 44.5 Å². The van der Waals surface area contributed by atoms with Crippen LogP contribution in [0.15, 0.2) is 60.9 Å². The Bertz CT molecular complexity index is 1010. The average molecular weight is 402 g/mol. The zero-order chi connectivity index (χ0) is 21.1. The number of amides is 1. The molecule has 1 aliphatic rings. The van der Waals surface area contributed by atoms with Crippen molar-refractivity contribution in [1.82, 2.24) is 19.9 Å². The van der Waals surface area contributed by atoms with Gasteiger partial charge in [0.15, 0.2) is 0 Å². The van der Waals surface area contributed by atoms with Crippen LogP contribution in [-0.4, -0.2) is 39.9 Å². The van der Waals surface area contributed by atoms with Gasteiger partial charge in [-0.1, -0.05) is 43.3 Å². The fraction of sp³-hybridized carbons (Fsp3) is 0.333. The van der Waals surface area contributed by atoms with E-state index >= 15 is 0 Å². The van der Waals surface area contributed by atoms with Crippen molar-refractivity contribution in [3.63, 3.8) is 0 Å². The highest BCUT2D eigenvalue weighted by Crippen LogP contribution is 2.40. The maximum absolute atomic E-state index is 13.2. The molecular weight excluding hydrogens is 374 g/mol. The van der Waals surface area contributed by atoms with E-state index in [9.17, 15) is 4.79 Å². The zero-order valence-corrected chi connectivity index (χ0v) is 17.7. The summed E-state index contributed by atoms with van der Waals surface area (Å²) in [5, 5.41) is 0. The van der Waals surface area contributed by atoms with E-state index in [2.05, 4.69) is 29.0 Å². The molecule has 0 N–H and O–H groups in total. The molecule has 30 heavy (non-hydrogen) atoms. The van der Waals surface area contributed by atoms with Crippen molar-refractivity contribution in [1.29, 1.82) is 0 Å². The Hall–Kier alpha value is -3.28. The molecule has 0 radical (unpaired) electrons. The Labute approximate surface area is 177 Å². The van der Waals surface area contributed by atoms with Gasteiger partial charge in [-0.2, -0.15) is 0 Å². The second kappa shape index (κ2) is 8.61. The second-order valence-corrected chi connectivity index (χ2v) is 8.14. The summed E-state index contributed by atoms with van der Waals surface area (Å²) in [5.74, 6) is 1.39. The normalized spacial score (nSPS) is 17.4. The van der Waals surface area contributed by atoms with Gasteiger partial charge in [0.25, 0.3) is 0 Å². The van der Waals surface area contributed by atoms with Crippen molar-refractivity contribution >= 4 is 11.9 Å². The summed E-state index contributed by atoms with van der Waals surface area (Å²) in [6.07, 6.45) is 4.53. The molecule has 2 heterocycles. The Morgan fingerprint density at radius 1 is 1.03 bits per heavy atom. The zero-order valence-electron chi connectivity index (χ0n) is 17.7. The fourth-order valence-corrected chi connectivity index (χ4v) is 3.58. The molecular formula is C24H27N5O. The molecule has 6 heteroatoms. The number of benzene rings is 1. The van der Waals surface area contributed by atoms with Gasteiger partial charge < -0.3 is 9.80 Å². The molecule has 3 aromatic rings. The Morgan fingerprint density at radius 3 is 2.40 bits per heavy atom. The molecule has 1 amide bonds. The van der Waals surface area contributed by atoms with Gasteiger partial charge >= 0.3 is 0 Å². The number of aromatic nitrogens is 3. The molecule has 0 saturated heterocycles. The van der Waals surface area contributed by atoms with Crippen LogP contribution in [0.3, 0.4) is 0 Å². The van der Waals surface area contributed by atoms with Gasteiger partial charge in [-0.05, 0) is 30.0 Å². The Balaban J connectivity index is 1.70. The van der Waals surface area contributed by atoms with Gasteiger partial charge in [0.2, 0.25) is 11.9 Å². The van der Waals surface area contributed by atoms with Crippen LogP contribution in [0.5, 0.6) is 0 Å². The molecule has 0 bridgehead atoms. The smallest absolute Gasteiger partial charge is 0.226 e. The highest BCUT2D eigenvalue weighted by molar-refractivity contribution is 5.81. The lowest BCUT2D eigenvalue weighted by molar-refractivity contribution is -0.134. The average Bonchev–Trinajstić information content (AvgIpc) is 3.50. The van der Waals surface area contributed by atoms with Crippen LogP contribution >= 0.6 is 0 Å². The summed E-state index contributed by atoms with van der Waals surface area (Å²) in [5.41, 5.74) is 3.59. The van der Waals surface area contributed by atoms with Crippen molar-refractivity contribution < 1.29 is 4.79 Å². The third kappa shape index (κ3) is 4.48. The number of anilines is 1. The quantitative estimate of drug-likeness (QED) is 0.603. The molecule has 1 saturated carbocycles. The Morgan fingerprint density at radius 2 is 1.77 bits per heavy atom. The van der Waals surface area contributed by atoms with Gasteiger partial charge in [-0.15, -0.1) is 0 Å². The van der Waals surface area contributed by atoms with E-state index in [1.54, 1.807) is 6.20 Å². The van der Waals surface area contributed by atoms with Gasteiger partial charge in [-0.25, -0.2) is 9.97 Å². The number of pyridine rings is 1. The Kier molecular flexibility index (Phi) is 5.74. The van der Waals surface area contributed by atoms with E-state index in [0.29, 0.717) is 25.0 Å². The lowest BCUT2D eigenvalue weighted by Crippen LogP contribution is -2.32. The topological polar surface area (TPSA) is 62.2 Å². The highest BCUT2D eigenvalue weighted by Gasteiger charge is 2.41. The SMILES string of the molecule is C[C@H]1C[C@@H]1C(=O)N(Cc1ccccc1)Cc1nc(N(C)C)ncc1-c1ccccn1. The first-order valence-corrected chi connectivity index (χ1v) is 10.3. The van der Waals surface area contributed by atoms with Gasteiger partial charge in [0.05, 0.1) is 17.9 Å². The number of hydrogen-bond acceptors (Lipinski definition) is 5. The van der Waals surface area contributed by atoms with Crippen molar-refractivity contribution in [3.8, 4) is 11.3 Å². The van der Waals surface area contributed by atoms with Crippen LogP contribution in [0.25, 0.3) is 11.3 Å². The number of hydrogen-bond donors (Lipinski definition) is 0. The molecule has 154 valence electrons. The molecule has 1 aliphatic carbocycles. The predicted octanol–water partition coefficient (Wildman–Crippen LogP) is 3.79. The third-order valence-corrected chi connectivity index (χ3v) is 5.49. The van der Waals surface area contributed by atoms with E-state index in [4.69, 9.17) is 4.98 Å². The molecule has 1 fully saturated rings. The van der Waals surface area contributed by atoms with Crippen LogP contribution < -0.4 is 4.90 Å². The minimum atomic E-state index is 0.113. The summed E-state index contributed by atoms with van der Waals surface area (Å²) < 4.78 is 0. The first-order valence-electron chi connectivity index (χ1n) is 10.3. The van der Waals surface area contributed by atoms with Crippen LogP contribution in [0.4, 0.5) is 5.95 Å². The summed E-state index contributed by atoms with van der Waals surface area (Å²) >= 11 is 0. The lowest BCUT2D eigenvalue weighted by Gasteiger charge is -2.24. The van der Waals surface area contributed by atoms with Crippen LogP contribution in [0, 0.1) is 11.8 Å². The van der Waals surface area contributed by atoms with E-state index in [1.165, 1.54) is 0 Å². The number of rotatable bonds is 7. The van der Waals surface area contributed by atoms with Gasteiger partial charge in [-0.3, -0.25) is 9.78 Å². The predicted molar refractivity (Wildman–Crippen MR) is 118 cm³/mol. The molecule has 1 aromatic carbocycles. The molecule has 0 spiro atoms. The van der Waals surface area contributed by atoms with E-state index in [-0.39, 0.29) is 11.8 Å². The van der Waals surface area contributed by atoms with Crippen molar-refractivity contribution in [2.24, 2.45) is 11.8 Å².